The zero-order chi connectivity index (χ0) is 28.9. The molecule has 0 aliphatic carbocycles. The first-order valence-electron chi connectivity index (χ1n) is 14.9. The fourth-order valence-corrected chi connectivity index (χ4v) is 5.97. The second-order valence-corrected chi connectivity index (χ2v) is 11.0. The highest BCUT2D eigenvalue weighted by Crippen LogP contribution is 2.34. The van der Waals surface area contributed by atoms with Crippen molar-refractivity contribution < 1.29 is 14.9 Å². The molecular formula is C33H40N6O3. The van der Waals surface area contributed by atoms with Crippen molar-refractivity contribution in [2.45, 2.75) is 0 Å². The van der Waals surface area contributed by atoms with Crippen LogP contribution >= 0.6 is 0 Å². The number of nitrogens with zero attached hydrogens (tertiary/aromatic N) is 6. The third kappa shape index (κ3) is 6.19. The Labute approximate surface area is 247 Å². The summed E-state index contributed by atoms with van der Waals surface area (Å²) < 4.78 is 5.47. The lowest BCUT2D eigenvalue weighted by molar-refractivity contribution is 0.188. The molecule has 0 spiro atoms. The largest absolute Gasteiger partial charge is 0.497 e. The summed E-state index contributed by atoms with van der Waals surface area (Å²) in [4.78, 5) is 19.6. The molecule has 3 aromatic carbocycles. The third-order valence-corrected chi connectivity index (χ3v) is 8.46. The summed E-state index contributed by atoms with van der Waals surface area (Å²) in [6.45, 7) is 9.52. The van der Waals surface area contributed by atoms with Crippen molar-refractivity contribution in [2.24, 2.45) is 0 Å². The van der Waals surface area contributed by atoms with E-state index in [1.165, 1.54) is 11.4 Å². The molecule has 0 amide bonds. The summed E-state index contributed by atoms with van der Waals surface area (Å²) in [5.41, 5.74) is 7.79. The molecule has 2 aliphatic rings. The van der Waals surface area contributed by atoms with Crippen LogP contribution < -0.4 is 14.5 Å². The molecule has 0 bridgehead atoms. The van der Waals surface area contributed by atoms with Crippen molar-refractivity contribution in [1.82, 2.24) is 19.8 Å². The Bertz CT molecular complexity index is 1460. The lowest BCUT2D eigenvalue weighted by Gasteiger charge is -2.35. The molecule has 0 atom stereocenters. The van der Waals surface area contributed by atoms with Gasteiger partial charge in [0.25, 0.3) is 0 Å². The first kappa shape index (κ1) is 28.4. The van der Waals surface area contributed by atoms with Crippen molar-refractivity contribution in [3.05, 3.63) is 66.7 Å². The van der Waals surface area contributed by atoms with E-state index in [1.807, 2.05) is 18.2 Å². The Morgan fingerprint density at radius 2 is 1.05 bits per heavy atom. The van der Waals surface area contributed by atoms with E-state index < -0.39 is 0 Å². The number of benzene rings is 3. The number of aliphatic hydroxyl groups excluding tert-OH is 2. The second kappa shape index (κ2) is 13.0. The molecular weight excluding hydrogens is 528 g/mol. The number of piperazine rings is 2. The van der Waals surface area contributed by atoms with E-state index in [0.717, 1.165) is 105 Å². The number of rotatable bonds is 9. The maximum atomic E-state index is 9.25. The molecule has 6 rings (SSSR count). The summed E-state index contributed by atoms with van der Waals surface area (Å²) in [5.74, 6) is 0.759. The fourth-order valence-electron chi connectivity index (χ4n) is 5.97. The van der Waals surface area contributed by atoms with Crippen molar-refractivity contribution in [1.29, 1.82) is 0 Å². The van der Waals surface area contributed by atoms with Gasteiger partial charge >= 0.3 is 0 Å². The summed E-state index contributed by atoms with van der Waals surface area (Å²) in [6, 6.07) is 23.1. The number of aromatic nitrogens is 2. The average molecular weight is 569 g/mol. The van der Waals surface area contributed by atoms with Gasteiger partial charge in [0, 0.05) is 94.0 Å². The molecule has 220 valence electrons. The van der Waals surface area contributed by atoms with Crippen LogP contribution in [0.2, 0.25) is 0 Å². The summed E-state index contributed by atoms with van der Waals surface area (Å²) >= 11 is 0. The zero-order valence-electron chi connectivity index (χ0n) is 24.3. The first-order valence-corrected chi connectivity index (χ1v) is 14.9. The van der Waals surface area contributed by atoms with E-state index in [-0.39, 0.29) is 13.2 Å². The SMILES string of the molecule is COc1ccc2nc(-c3ccc(N4CCN(CCO)CC4)cc3)c(-c3ccc(N4CCN(CCO)CC4)cc3)nc2c1. The van der Waals surface area contributed by atoms with Gasteiger partial charge in [0.05, 0.1) is 42.7 Å². The number of aliphatic hydroxyl groups is 2. The summed E-state index contributed by atoms with van der Waals surface area (Å²) in [5, 5.41) is 18.5. The zero-order valence-corrected chi connectivity index (χ0v) is 24.3. The van der Waals surface area contributed by atoms with E-state index in [4.69, 9.17) is 14.7 Å². The van der Waals surface area contributed by atoms with Gasteiger partial charge in [-0.3, -0.25) is 9.80 Å². The van der Waals surface area contributed by atoms with Crippen LogP contribution in [0.25, 0.3) is 33.5 Å². The van der Waals surface area contributed by atoms with Crippen molar-refractivity contribution in [2.75, 3.05) is 95.6 Å². The van der Waals surface area contributed by atoms with Crippen LogP contribution in [0.4, 0.5) is 11.4 Å². The van der Waals surface area contributed by atoms with Crippen LogP contribution in [0.3, 0.4) is 0 Å². The smallest absolute Gasteiger partial charge is 0.121 e. The molecule has 1 aromatic heterocycles. The van der Waals surface area contributed by atoms with Crippen LogP contribution in [0.15, 0.2) is 66.7 Å². The number of β-amino-alcohol motifs (C(OH)–C–C–N with tert-alkyl or cyclic N) is 2. The van der Waals surface area contributed by atoms with Gasteiger partial charge in [-0.2, -0.15) is 0 Å². The Morgan fingerprint density at radius 1 is 0.595 bits per heavy atom. The Kier molecular flexibility index (Phi) is 8.81. The number of fused-ring (bicyclic) bond motifs is 1. The molecule has 0 radical (unpaired) electrons. The van der Waals surface area contributed by atoms with Gasteiger partial charge in [0.15, 0.2) is 0 Å². The number of hydrogen-bond donors (Lipinski definition) is 2. The van der Waals surface area contributed by atoms with Gasteiger partial charge in [0.1, 0.15) is 5.75 Å². The quantitative estimate of drug-likeness (QED) is 0.316. The third-order valence-electron chi connectivity index (χ3n) is 8.46. The van der Waals surface area contributed by atoms with Crippen molar-refractivity contribution in [3.8, 4) is 28.3 Å². The maximum Gasteiger partial charge on any atom is 0.121 e. The van der Waals surface area contributed by atoms with E-state index in [2.05, 4.69) is 68.1 Å². The van der Waals surface area contributed by atoms with Gasteiger partial charge < -0.3 is 24.7 Å². The van der Waals surface area contributed by atoms with Gasteiger partial charge in [-0.25, -0.2) is 9.97 Å². The summed E-state index contributed by atoms with van der Waals surface area (Å²) in [6.07, 6.45) is 0. The Balaban J connectivity index is 1.28. The predicted molar refractivity (Wildman–Crippen MR) is 168 cm³/mol. The number of methoxy groups -OCH3 is 1. The van der Waals surface area contributed by atoms with Crippen LogP contribution in [0, 0.1) is 0 Å². The number of anilines is 2. The monoisotopic (exact) mass is 568 g/mol. The second-order valence-electron chi connectivity index (χ2n) is 11.0. The van der Waals surface area contributed by atoms with E-state index >= 15 is 0 Å². The van der Waals surface area contributed by atoms with E-state index in [1.54, 1.807) is 7.11 Å². The number of hydrogen-bond acceptors (Lipinski definition) is 9. The molecule has 2 N–H and O–H groups in total. The van der Waals surface area contributed by atoms with Crippen LogP contribution in [0.1, 0.15) is 0 Å². The highest BCUT2D eigenvalue weighted by molar-refractivity contribution is 5.87. The maximum absolute atomic E-state index is 9.25. The molecule has 3 heterocycles. The molecule has 9 heteroatoms. The molecule has 9 nitrogen and oxygen atoms in total. The lowest BCUT2D eigenvalue weighted by Crippen LogP contribution is -2.47. The topological polar surface area (TPSA) is 88.4 Å². The fraction of sp³-hybridized carbons (Fsp3) is 0.394. The molecule has 0 saturated carbocycles. The highest BCUT2D eigenvalue weighted by Gasteiger charge is 2.20. The van der Waals surface area contributed by atoms with Crippen LogP contribution in [-0.4, -0.2) is 116 Å². The molecule has 2 fully saturated rings. The standard InChI is InChI=1S/C33H40N6O3/c1-42-29-10-11-30-31(24-29)35-33(26-4-8-28(9-5-26)39-18-14-37(15-19-39)21-23-41)32(34-30)25-2-6-27(7-3-25)38-16-12-36(13-17-38)20-22-40/h2-11,24,40-41H,12-23H2,1H3. The van der Waals surface area contributed by atoms with Gasteiger partial charge in [-0.15, -0.1) is 0 Å². The molecule has 4 aromatic rings. The van der Waals surface area contributed by atoms with Gasteiger partial charge in [0.2, 0.25) is 0 Å². The Morgan fingerprint density at radius 3 is 1.48 bits per heavy atom. The van der Waals surface area contributed by atoms with Gasteiger partial charge in [-0.05, 0) is 36.4 Å². The summed E-state index contributed by atoms with van der Waals surface area (Å²) in [7, 11) is 1.67. The molecule has 0 unspecified atom stereocenters. The van der Waals surface area contributed by atoms with E-state index in [0.29, 0.717) is 0 Å². The van der Waals surface area contributed by atoms with Crippen molar-refractivity contribution in [3.63, 3.8) is 0 Å². The Hall–Kier alpha value is -3.76. The van der Waals surface area contributed by atoms with Gasteiger partial charge in [-0.1, -0.05) is 24.3 Å². The van der Waals surface area contributed by atoms with Crippen molar-refractivity contribution >= 4 is 22.4 Å². The average Bonchev–Trinajstić information content (AvgIpc) is 3.05. The molecule has 42 heavy (non-hydrogen) atoms. The predicted octanol–water partition coefficient (Wildman–Crippen LogP) is 3.20. The highest BCUT2D eigenvalue weighted by atomic mass is 16.5. The minimum absolute atomic E-state index is 0.209. The molecule has 2 aliphatic heterocycles. The number of ether oxygens (including phenoxy) is 1. The minimum Gasteiger partial charge on any atom is -0.497 e. The molecule has 2 saturated heterocycles. The lowest BCUT2D eigenvalue weighted by atomic mass is 10.0. The minimum atomic E-state index is 0.209. The van der Waals surface area contributed by atoms with E-state index in [9.17, 15) is 10.2 Å². The van der Waals surface area contributed by atoms with Crippen LogP contribution in [0.5, 0.6) is 5.75 Å². The van der Waals surface area contributed by atoms with Crippen LogP contribution in [-0.2, 0) is 0 Å². The normalized spacial score (nSPS) is 16.7. The first-order chi connectivity index (χ1) is 20.6.